The second-order valence-corrected chi connectivity index (χ2v) is 5.92. The summed E-state index contributed by atoms with van der Waals surface area (Å²) in [4.78, 5) is 14.0. The molecule has 1 aliphatic heterocycles. The van der Waals surface area contributed by atoms with Crippen molar-refractivity contribution in [1.82, 2.24) is 0 Å². The largest absolute Gasteiger partial charge is 0.481 e. The van der Waals surface area contributed by atoms with E-state index in [1.54, 1.807) is 6.07 Å². The second kappa shape index (κ2) is 5.08. The first-order valence-electron chi connectivity index (χ1n) is 7.42. The zero-order chi connectivity index (χ0) is 14.2. The quantitative estimate of drug-likeness (QED) is 0.921. The molecule has 0 unspecified atom stereocenters. The van der Waals surface area contributed by atoms with Gasteiger partial charge in [0.05, 0.1) is 5.41 Å². The van der Waals surface area contributed by atoms with Crippen LogP contribution in [0.2, 0.25) is 0 Å². The molecule has 0 amide bonds. The SMILES string of the molecule is O=C(O)C1(c2c(F)cccc2N2CCCC2)CCCC1. The molecule has 2 fully saturated rings. The van der Waals surface area contributed by atoms with E-state index < -0.39 is 11.4 Å². The summed E-state index contributed by atoms with van der Waals surface area (Å²) < 4.78 is 14.5. The van der Waals surface area contributed by atoms with E-state index in [-0.39, 0.29) is 5.82 Å². The third kappa shape index (κ3) is 1.98. The van der Waals surface area contributed by atoms with Gasteiger partial charge in [0.25, 0.3) is 0 Å². The van der Waals surface area contributed by atoms with Gasteiger partial charge >= 0.3 is 5.97 Å². The maximum atomic E-state index is 14.5. The highest BCUT2D eigenvalue weighted by molar-refractivity contribution is 5.85. The summed E-state index contributed by atoms with van der Waals surface area (Å²) in [5.74, 6) is -1.24. The lowest BCUT2D eigenvalue weighted by molar-refractivity contribution is -0.143. The fourth-order valence-corrected chi connectivity index (χ4v) is 3.76. The number of carbonyl (C=O) groups is 1. The van der Waals surface area contributed by atoms with Crippen LogP contribution in [0, 0.1) is 5.82 Å². The van der Waals surface area contributed by atoms with Crippen LogP contribution in [0.15, 0.2) is 18.2 Å². The lowest BCUT2D eigenvalue weighted by Crippen LogP contribution is -2.36. The zero-order valence-corrected chi connectivity index (χ0v) is 11.6. The summed E-state index contributed by atoms with van der Waals surface area (Å²) in [5, 5.41) is 9.72. The molecule has 108 valence electrons. The van der Waals surface area contributed by atoms with Crippen molar-refractivity contribution in [3.05, 3.63) is 29.6 Å². The molecule has 2 aliphatic rings. The Balaban J connectivity index is 2.13. The van der Waals surface area contributed by atoms with E-state index in [0.29, 0.717) is 18.4 Å². The van der Waals surface area contributed by atoms with Crippen LogP contribution < -0.4 is 4.90 Å². The maximum Gasteiger partial charge on any atom is 0.314 e. The van der Waals surface area contributed by atoms with Crippen molar-refractivity contribution in [2.75, 3.05) is 18.0 Å². The molecule has 1 N–H and O–H groups in total. The van der Waals surface area contributed by atoms with Gasteiger partial charge in [-0.25, -0.2) is 4.39 Å². The van der Waals surface area contributed by atoms with E-state index in [4.69, 9.17) is 0 Å². The average Bonchev–Trinajstić information content (AvgIpc) is 3.10. The molecule has 0 aromatic heterocycles. The van der Waals surface area contributed by atoms with Gasteiger partial charge in [0.2, 0.25) is 0 Å². The Labute approximate surface area is 118 Å². The van der Waals surface area contributed by atoms with Crippen LogP contribution in [-0.2, 0) is 10.2 Å². The molecule has 4 heteroatoms. The van der Waals surface area contributed by atoms with E-state index in [9.17, 15) is 14.3 Å². The Morgan fingerprint density at radius 3 is 2.40 bits per heavy atom. The normalized spacial score (nSPS) is 21.4. The van der Waals surface area contributed by atoms with Crippen LogP contribution in [0.5, 0.6) is 0 Å². The molecule has 0 spiro atoms. The van der Waals surface area contributed by atoms with E-state index in [2.05, 4.69) is 4.90 Å². The molecule has 1 saturated heterocycles. The molecular formula is C16H20FNO2. The first-order valence-corrected chi connectivity index (χ1v) is 7.42. The van der Waals surface area contributed by atoms with Gasteiger partial charge in [0.15, 0.2) is 0 Å². The van der Waals surface area contributed by atoms with Gasteiger partial charge in [-0.2, -0.15) is 0 Å². The average molecular weight is 277 g/mol. The van der Waals surface area contributed by atoms with Gasteiger partial charge in [-0.1, -0.05) is 18.9 Å². The third-order valence-corrected chi connectivity index (χ3v) is 4.78. The molecule has 3 rings (SSSR count). The number of aliphatic carboxylic acids is 1. The van der Waals surface area contributed by atoms with Crippen LogP contribution in [0.25, 0.3) is 0 Å². The van der Waals surface area contributed by atoms with Crippen LogP contribution >= 0.6 is 0 Å². The minimum absolute atomic E-state index is 0.362. The molecular weight excluding hydrogens is 257 g/mol. The molecule has 1 aromatic carbocycles. The van der Waals surface area contributed by atoms with Crippen LogP contribution in [0.1, 0.15) is 44.1 Å². The minimum atomic E-state index is -1.02. The number of carboxylic acids is 1. The third-order valence-electron chi connectivity index (χ3n) is 4.78. The molecule has 0 radical (unpaired) electrons. The molecule has 20 heavy (non-hydrogen) atoms. The Kier molecular flexibility index (Phi) is 3.40. The number of rotatable bonds is 3. The minimum Gasteiger partial charge on any atom is -0.481 e. The van der Waals surface area contributed by atoms with E-state index >= 15 is 0 Å². The molecule has 1 heterocycles. The number of carboxylic acid groups (broad SMARTS) is 1. The number of benzene rings is 1. The highest BCUT2D eigenvalue weighted by atomic mass is 19.1. The first kappa shape index (κ1) is 13.4. The molecule has 1 aromatic rings. The number of hydrogen-bond acceptors (Lipinski definition) is 2. The fourth-order valence-electron chi connectivity index (χ4n) is 3.76. The summed E-state index contributed by atoms with van der Waals surface area (Å²) in [6.45, 7) is 1.79. The first-order chi connectivity index (χ1) is 9.65. The summed E-state index contributed by atoms with van der Waals surface area (Å²) in [7, 11) is 0. The van der Waals surface area contributed by atoms with Crippen LogP contribution in [0.3, 0.4) is 0 Å². The fraction of sp³-hybridized carbons (Fsp3) is 0.562. The Morgan fingerprint density at radius 2 is 1.80 bits per heavy atom. The molecule has 3 nitrogen and oxygen atoms in total. The van der Waals surface area contributed by atoms with Gasteiger partial charge in [-0.3, -0.25) is 4.79 Å². The highest BCUT2D eigenvalue weighted by Crippen LogP contribution is 2.46. The monoisotopic (exact) mass is 277 g/mol. The standard InChI is InChI=1S/C16H20FNO2/c17-12-6-5-7-13(18-10-3-4-11-18)14(12)16(15(19)20)8-1-2-9-16/h5-7H,1-4,8-11H2,(H,19,20). The lowest BCUT2D eigenvalue weighted by Gasteiger charge is -2.31. The highest BCUT2D eigenvalue weighted by Gasteiger charge is 2.46. The smallest absolute Gasteiger partial charge is 0.314 e. The summed E-state index contributed by atoms with van der Waals surface area (Å²) in [5.41, 5.74) is 0.196. The summed E-state index contributed by atoms with van der Waals surface area (Å²) >= 11 is 0. The van der Waals surface area contributed by atoms with Crippen LogP contribution in [-0.4, -0.2) is 24.2 Å². The molecule has 0 bridgehead atoms. The van der Waals surface area contributed by atoms with E-state index in [1.165, 1.54) is 6.07 Å². The molecule has 0 atom stereocenters. The number of nitrogens with zero attached hydrogens (tertiary/aromatic N) is 1. The van der Waals surface area contributed by atoms with Crippen molar-refractivity contribution >= 4 is 11.7 Å². The van der Waals surface area contributed by atoms with Gasteiger partial charge in [0.1, 0.15) is 5.82 Å². The number of anilines is 1. The van der Waals surface area contributed by atoms with Crippen molar-refractivity contribution in [3.8, 4) is 0 Å². The van der Waals surface area contributed by atoms with Gasteiger partial charge in [0, 0.05) is 24.3 Å². The van der Waals surface area contributed by atoms with Gasteiger partial charge in [-0.05, 0) is 37.8 Å². The Bertz CT molecular complexity index is 517. The maximum absolute atomic E-state index is 14.5. The number of halogens is 1. The topological polar surface area (TPSA) is 40.5 Å². The van der Waals surface area contributed by atoms with Gasteiger partial charge in [-0.15, -0.1) is 0 Å². The summed E-state index contributed by atoms with van der Waals surface area (Å²) in [6, 6.07) is 4.97. The Morgan fingerprint density at radius 1 is 1.15 bits per heavy atom. The molecule has 1 saturated carbocycles. The summed E-state index contributed by atoms with van der Waals surface area (Å²) in [6.07, 6.45) is 5.00. The lowest BCUT2D eigenvalue weighted by atomic mass is 9.77. The van der Waals surface area contributed by atoms with Gasteiger partial charge < -0.3 is 10.0 Å². The van der Waals surface area contributed by atoms with Crippen LogP contribution in [0.4, 0.5) is 10.1 Å². The predicted octanol–water partition coefficient (Wildman–Crippen LogP) is 3.32. The van der Waals surface area contributed by atoms with Crippen molar-refractivity contribution < 1.29 is 14.3 Å². The van der Waals surface area contributed by atoms with Crippen molar-refractivity contribution in [1.29, 1.82) is 0 Å². The Hall–Kier alpha value is -1.58. The number of hydrogen-bond donors (Lipinski definition) is 1. The van der Waals surface area contributed by atoms with Crippen molar-refractivity contribution in [2.24, 2.45) is 0 Å². The van der Waals surface area contributed by atoms with E-state index in [1.807, 2.05) is 6.07 Å². The van der Waals surface area contributed by atoms with Crippen molar-refractivity contribution in [2.45, 2.75) is 43.9 Å². The predicted molar refractivity (Wildman–Crippen MR) is 75.6 cm³/mol. The molecule has 1 aliphatic carbocycles. The van der Waals surface area contributed by atoms with E-state index in [0.717, 1.165) is 44.5 Å². The van der Waals surface area contributed by atoms with Crippen molar-refractivity contribution in [3.63, 3.8) is 0 Å². The zero-order valence-electron chi connectivity index (χ0n) is 11.6. The second-order valence-electron chi connectivity index (χ2n) is 5.92.